The van der Waals surface area contributed by atoms with E-state index >= 15 is 0 Å². The van der Waals surface area contributed by atoms with Crippen molar-refractivity contribution in [3.05, 3.63) is 54.2 Å². The summed E-state index contributed by atoms with van der Waals surface area (Å²) in [4.78, 5) is 5.81. The van der Waals surface area contributed by atoms with Crippen LogP contribution in [0.25, 0.3) is 26.4 Å². The third kappa shape index (κ3) is 2.59. The van der Waals surface area contributed by atoms with Crippen LogP contribution in [0.5, 0.6) is 5.75 Å². The molecule has 0 radical (unpaired) electrons. The summed E-state index contributed by atoms with van der Waals surface area (Å²) in [6.45, 7) is 6.18. The molecule has 0 spiro atoms. The van der Waals surface area contributed by atoms with Crippen LogP contribution in [0.15, 0.2) is 48.7 Å². The Morgan fingerprint density at radius 3 is 2.61 bits per heavy atom. The van der Waals surface area contributed by atoms with Crippen LogP contribution in [0.1, 0.15) is 19.4 Å². The lowest BCUT2D eigenvalue weighted by Crippen LogP contribution is -2.05. The number of rotatable bonds is 3. The molecule has 2 aromatic carbocycles. The van der Waals surface area contributed by atoms with Crippen LogP contribution in [0.3, 0.4) is 0 Å². The number of nitrogens with zero attached hydrogens (tertiary/aromatic N) is 2. The summed E-state index contributed by atoms with van der Waals surface area (Å²) in [5, 5.41) is 0. The highest BCUT2D eigenvalue weighted by Crippen LogP contribution is 2.30. The lowest BCUT2D eigenvalue weighted by molar-refractivity contribution is 0.242. The van der Waals surface area contributed by atoms with Crippen LogP contribution in [0.2, 0.25) is 0 Å². The predicted molar refractivity (Wildman–Crippen MR) is 96.5 cm³/mol. The van der Waals surface area contributed by atoms with Gasteiger partial charge in [-0.15, -0.1) is 0 Å². The molecule has 0 bridgehead atoms. The Labute approximate surface area is 139 Å². The maximum absolute atomic E-state index is 5.69. The molecule has 4 rings (SSSR count). The van der Waals surface area contributed by atoms with Crippen molar-refractivity contribution in [1.82, 2.24) is 9.38 Å². The number of imidazole rings is 1. The number of aromatic nitrogens is 2. The molecule has 0 fully saturated rings. The number of hydrogen-bond acceptors (Lipinski definition) is 3. The largest absolute Gasteiger partial charge is 0.491 e. The van der Waals surface area contributed by atoms with Crippen molar-refractivity contribution in [2.24, 2.45) is 0 Å². The number of fused-ring (bicyclic) bond motifs is 3. The Morgan fingerprint density at radius 2 is 1.87 bits per heavy atom. The molecule has 0 unspecified atom stereocenters. The zero-order valence-electron chi connectivity index (χ0n) is 13.4. The van der Waals surface area contributed by atoms with Gasteiger partial charge in [0.15, 0.2) is 4.96 Å². The fourth-order valence-corrected chi connectivity index (χ4v) is 3.83. The summed E-state index contributed by atoms with van der Waals surface area (Å²) >= 11 is 1.73. The van der Waals surface area contributed by atoms with Gasteiger partial charge in [0.2, 0.25) is 0 Å². The first-order chi connectivity index (χ1) is 11.1. The van der Waals surface area contributed by atoms with E-state index in [0.29, 0.717) is 0 Å². The maximum atomic E-state index is 5.69. The van der Waals surface area contributed by atoms with Crippen molar-refractivity contribution in [1.29, 1.82) is 0 Å². The van der Waals surface area contributed by atoms with Crippen molar-refractivity contribution in [2.45, 2.75) is 26.9 Å². The van der Waals surface area contributed by atoms with E-state index in [4.69, 9.17) is 9.72 Å². The van der Waals surface area contributed by atoms with Gasteiger partial charge >= 0.3 is 0 Å². The summed E-state index contributed by atoms with van der Waals surface area (Å²) in [6, 6.07) is 14.7. The highest BCUT2D eigenvalue weighted by Gasteiger charge is 2.10. The van der Waals surface area contributed by atoms with Crippen molar-refractivity contribution in [2.75, 3.05) is 0 Å². The molecule has 23 heavy (non-hydrogen) atoms. The van der Waals surface area contributed by atoms with Crippen LogP contribution in [-0.2, 0) is 0 Å². The van der Waals surface area contributed by atoms with Crippen molar-refractivity contribution in [3.63, 3.8) is 0 Å². The number of thiazole rings is 1. The Morgan fingerprint density at radius 1 is 1.09 bits per heavy atom. The van der Waals surface area contributed by atoms with Gasteiger partial charge in [-0.2, -0.15) is 0 Å². The molecule has 4 heteroatoms. The van der Waals surface area contributed by atoms with Crippen LogP contribution in [0, 0.1) is 6.92 Å². The summed E-state index contributed by atoms with van der Waals surface area (Å²) in [7, 11) is 0. The molecule has 0 aliphatic rings. The average Bonchev–Trinajstić information content (AvgIpc) is 3.04. The van der Waals surface area contributed by atoms with E-state index in [9.17, 15) is 0 Å². The minimum Gasteiger partial charge on any atom is -0.491 e. The second-order valence-corrected chi connectivity index (χ2v) is 7.05. The van der Waals surface area contributed by atoms with E-state index in [0.717, 1.165) is 22.0 Å². The van der Waals surface area contributed by atoms with Gasteiger partial charge in [-0.05, 0) is 62.7 Å². The first-order valence-corrected chi connectivity index (χ1v) is 8.57. The van der Waals surface area contributed by atoms with E-state index in [-0.39, 0.29) is 6.10 Å². The number of ether oxygens (including phenoxy) is 1. The standard InChI is InChI=1S/C19H18N2OS/c1-12(2)22-15-7-5-14(6-8-15)16-11-21-17-9-4-13(3)10-18(17)23-19(21)20-16/h4-12H,1-3H3. The van der Waals surface area contributed by atoms with Gasteiger partial charge in [-0.25, -0.2) is 4.98 Å². The van der Waals surface area contributed by atoms with Gasteiger partial charge in [0.1, 0.15) is 5.75 Å². The molecule has 2 aromatic heterocycles. The van der Waals surface area contributed by atoms with E-state index < -0.39 is 0 Å². The smallest absolute Gasteiger partial charge is 0.195 e. The Hall–Kier alpha value is -2.33. The highest BCUT2D eigenvalue weighted by molar-refractivity contribution is 7.23. The summed E-state index contributed by atoms with van der Waals surface area (Å²) < 4.78 is 9.15. The normalized spacial score (nSPS) is 11.7. The topological polar surface area (TPSA) is 26.5 Å². The first kappa shape index (κ1) is 14.3. The minimum absolute atomic E-state index is 0.189. The molecular weight excluding hydrogens is 304 g/mol. The zero-order chi connectivity index (χ0) is 16.0. The number of aryl methyl sites for hydroxylation is 1. The van der Waals surface area contributed by atoms with Gasteiger partial charge in [0.05, 0.1) is 22.0 Å². The van der Waals surface area contributed by atoms with E-state index in [1.807, 2.05) is 26.0 Å². The summed E-state index contributed by atoms with van der Waals surface area (Å²) in [5.41, 5.74) is 4.60. The molecule has 4 aromatic rings. The SMILES string of the molecule is Cc1ccc2c(c1)sc1nc(-c3ccc(OC(C)C)cc3)cn12. The quantitative estimate of drug-likeness (QED) is 0.511. The molecule has 0 aliphatic heterocycles. The molecule has 3 nitrogen and oxygen atoms in total. The predicted octanol–water partition coefficient (Wildman–Crippen LogP) is 5.31. The van der Waals surface area contributed by atoms with E-state index in [1.54, 1.807) is 11.3 Å². The zero-order valence-corrected chi connectivity index (χ0v) is 14.2. The third-order valence-corrected chi connectivity index (χ3v) is 4.79. The number of hydrogen-bond donors (Lipinski definition) is 0. The molecule has 0 saturated heterocycles. The molecule has 0 N–H and O–H groups in total. The van der Waals surface area contributed by atoms with Crippen LogP contribution in [0.4, 0.5) is 0 Å². The second kappa shape index (κ2) is 5.39. The van der Waals surface area contributed by atoms with Crippen molar-refractivity contribution < 1.29 is 4.74 Å². The van der Waals surface area contributed by atoms with Crippen molar-refractivity contribution in [3.8, 4) is 17.0 Å². The lowest BCUT2D eigenvalue weighted by atomic mass is 10.1. The van der Waals surface area contributed by atoms with Crippen molar-refractivity contribution >= 4 is 26.5 Å². The van der Waals surface area contributed by atoms with Gasteiger partial charge in [-0.1, -0.05) is 17.4 Å². The van der Waals surface area contributed by atoms with E-state index in [2.05, 4.69) is 47.9 Å². The average molecular weight is 322 g/mol. The summed E-state index contributed by atoms with van der Waals surface area (Å²) in [5.74, 6) is 0.894. The van der Waals surface area contributed by atoms with Crippen LogP contribution in [-0.4, -0.2) is 15.5 Å². The fourth-order valence-electron chi connectivity index (χ4n) is 2.72. The van der Waals surface area contributed by atoms with E-state index in [1.165, 1.54) is 15.8 Å². The third-order valence-electron chi connectivity index (χ3n) is 3.77. The van der Waals surface area contributed by atoms with Crippen LogP contribution < -0.4 is 4.74 Å². The molecule has 2 heterocycles. The van der Waals surface area contributed by atoms with Gasteiger partial charge in [-0.3, -0.25) is 4.40 Å². The fraction of sp³-hybridized carbons (Fsp3) is 0.211. The molecule has 0 aliphatic carbocycles. The van der Waals surface area contributed by atoms with Gasteiger partial charge in [0, 0.05) is 11.8 Å². The van der Waals surface area contributed by atoms with Gasteiger partial charge in [0.25, 0.3) is 0 Å². The molecule has 0 saturated carbocycles. The first-order valence-electron chi connectivity index (χ1n) is 7.75. The lowest BCUT2D eigenvalue weighted by Gasteiger charge is -2.09. The molecule has 0 amide bonds. The Balaban J connectivity index is 1.74. The monoisotopic (exact) mass is 322 g/mol. The molecule has 116 valence electrons. The minimum atomic E-state index is 0.189. The molecule has 0 atom stereocenters. The maximum Gasteiger partial charge on any atom is 0.195 e. The Bertz CT molecular complexity index is 980. The molecular formula is C19H18N2OS. The summed E-state index contributed by atoms with van der Waals surface area (Å²) in [6.07, 6.45) is 2.30. The second-order valence-electron chi connectivity index (χ2n) is 6.04. The number of benzene rings is 2. The van der Waals surface area contributed by atoms with Crippen LogP contribution >= 0.6 is 11.3 Å². The Kier molecular flexibility index (Phi) is 3.34. The highest BCUT2D eigenvalue weighted by atomic mass is 32.1. The van der Waals surface area contributed by atoms with Gasteiger partial charge < -0.3 is 4.74 Å².